The fraction of sp³-hybridized carbons (Fsp3) is 0.809. The summed E-state index contributed by atoms with van der Waals surface area (Å²) in [6.45, 7) is 2.66. The number of allylic oxidation sites excluding steroid dienone is 7. The molecule has 2 rings (SSSR count). The predicted molar refractivity (Wildman–Crippen MR) is 235 cm³/mol. The van der Waals surface area contributed by atoms with Crippen molar-refractivity contribution in [1.82, 2.24) is 5.32 Å². The molecule has 12 unspecified atom stereocenters. The molecule has 354 valence electrons. The Hall–Kier alpha value is -2.05. The maximum absolute atomic E-state index is 13.1. The van der Waals surface area contributed by atoms with Gasteiger partial charge in [-0.15, -0.1) is 0 Å². The topological polar surface area (TPSA) is 228 Å². The fourth-order valence-corrected chi connectivity index (χ4v) is 7.33. The molecule has 14 nitrogen and oxygen atoms in total. The first-order valence-corrected chi connectivity index (χ1v) is 23.4. The van der Waals surface area contributed by atoms with E-state index in [4.69, 9.17) is 18.9 Å². The molecule has 2 aliphatic rings. The van der Waals surface area contributed by atoms with Crippen molar-refractivity contribution >= 4 is 5.91 Å². The second-order valence-corrected chi connectivity index (χ2v) is 16.5. The van der Waals surface area contributed by atoms with Crippen LogP contribution in [0.25, 0.3) is 0 Å². The molecule has 9 N–H and O–H groups in total. The zero-order valence-corrected chi connectivity index (χ0v) is 37.1. The molecule has 2 aliphatic heterocycles. The van der Waals surface area contributed by atoms with E-state index in [9.17, 15) is 45.6 Å². The summed E-state index contributed by atoms with van der Waals surface area (Å²) in [5, 5.41) is 86.4. The average molecular weight is 870 g/mol. The molecule has 12 atom stereocenters. The third kappa shape index (κ3) is 22.4. The number of nitrogens with one attached hydrogen (secondary N) is 1. The van der Waals surface area contributed by atoms with E-state index >= 15 is 0 Å². The van der Waals surface area contributed by atoms with Gasteiger partial charge in [-0.05, 0) is 64.2 Å². The Morgan fingerprint density at radius 1 is 0.590 bits per heavy atom. The van der Waals surface area contributed by atoms with Gasteiger partial charge in [-0.25, -0.2) is 0 Å². The van der Waals surface area contributed by atoms with Crippen molar-refractivity contribution < 1.29 is 64.6 Å². The van der Waals surface area contributed by atoms with Crippen LogP contribution in [0.5, 0.6) is 0 Å². The Bertz CT molecular complexity index is 1210. The lowest BCUT2D eigenvalue weighted by Gasteiger charge is -2.46. The Kier molecular flexibility index (Phi) is 31.0. The summed E-state index contributed by atoms with van der Waals surface area (Å²) >= 11 is 0. The van der Waals surface area contributed by atoms with Gasteiger partial charge in [0.1, 0.15) is 48.8 Å². The third-order valence-corrected chi connectivity index (χ3v) is 11.2. The summed E-state index contributed by atoms with van der Waals surface area (Å²) in [5.41, 5.74) is 0. The Morgan fingerprint density at radius 2 is 1.10 bits per heavy atom. The Labute approximate surface area is 365 Å². The number of carbonyl (C=O) groups excluding carboxylic acids is 1. The first-order valence-electron chi connectivity index (χ1n) is 23.4. The normalized spacial score (nSPS) is 28.4. The molecule has 0 aromatic rings. The standard InChI is InChI=1S/C47H83NO13/c1-3-5-7-9-11-13-15-16-17-18-19-20-21-23-25-27-29-31-39(52)48-35(36(51)30-28-26-24-22-14-12-10-8-6-4-2)34-58-46-44(57)42(55)45(38(33-50)60-46)61-47-43(56)41(54)40(53)37(32-49)59-47/h11,13-14,16-17,22,28,30,35-38,40-47,49-51,53-57H,3-10,12,15,18-21,23-27,29,31-34H2,1-2H3,(H,48,52)/b13-11-,17-16-,22-14+,30-28+. The maximum Gasteiger partial charge on any atom is 0.220 e. The third-order valence-electron chi connectivity index (χ3n) is 11.2. The second-order valence-electron chi connectivity index (χ2n) is 16.5. The van der Waals surface area contributed by atoms with E-state index in [1.807, 2.05) is 6.08 Å². The number of ether oxygens (including phenoxy) is 4. The van der Waals surface area contributed by atoms with Crippen LogP contribution in [-0.4, -0.2) is 140 Å². The number of unbranched alkanes of at least 4 members (excludes halogenated alkanes) is 15. The highest BCUT2D eigenvalue weighted by Gasteiger charge is 2.50. The van der Waals surface area contributed by atoms with E-state index in [-0.39, 0.29) is 18.9 Å². The molecule has 0 aromatic heterocycles. The Morgan fingerprint density at radius 3 is 1.74 bits per heavy atom. The first kappa shape index (κ1) is 55.1. The average Bonchev–Trinajstić information content (AvgIpc) is 3.26. The monoisotopic (exact) mass is 870 g/mol. The van der Waals surface area contributed by atoms with Gasteiger partial charge < -0.3 is 65.1 Å². The van der Waals surface area contributed by atoms with Crippen LogP contribution < -0.4 is 5.32 Å². The van der Waals surface area contributed by atoms with Gasteiger partial charge in [-0.3, -0.25) is 4.79 Å². The number of carbonyl (C=O) groups is 1. The van der Waals surface area contributed by atoms with Crippen molar-refractivity contribution in [1.29, 1.82) is 0 Å². The van der Waals surface area contributed by atoms with Crippen LogP contribution in [0.2, 0.25) is 0 Å². The highest BCUT2D eigenvalue weighted by Crippen LogP contribution is 2.30. The van der Waals surface area contributed by atoms with Crippen LogP contribution in [0.3, 0.4) is 0 Å². The van der Waals surface area contributed by atoms with Crippen molar-refractivity contribution in [3.63, 3.8) is 0 Å². The molecule has 2 heterocycles. The van der Waals surface area contributed by atoms with Crippen LogP contribution in [0.1, 0.15) is 149 Å². The van der Waals surface area contributed by atoms with Gasteiger partial charge in [-0.2, -0.15) is 0 Å². The van der Waals surface area contributed by atoms with E-state index in [0.717, 1.165) is 57.8 Å². The Balaban J connectivity index is 1.88. The molecule has 14 heteroatoms. The minimum atomic E-state index is -1.79. The smallest absolute Gasteiger partial charge is 0.220 e. The zero-order chi connectivity index (χ0) is 44.7. The van der Waals surface area contributed by atoms with Crippen molar-refractivity contribution in [3.8, 4) is 0 Å². The SMILES string of the molecule is CCCCC/C=C\C/C=C\CCCCCCCCCC(=O)NC(COC1OC(CO)C(OC2OC(CO)C(O)C(O)C2O)C(O)C1O)C(O)/C=C/CC/C=C/CCCCCC. The van der Waals surface area contributed by atoms with Crippen molar-refractivity contribution in [3.05, 3.63) is 48.6 Å². The van der Waals surface area contributed by atoms with E-state index in [1.54, 1.807) is 6.08 Å². The van der Waals surface area contributed by atoms with Crippen LogP contribution in [0.4, 0.5) is 0 Å². The van der Waals surface area contributed by atoms with Gasteiger partial charge in [0.15, 0.2) is 12.6 Å². The van der Waals surface area contributed by atoms with Gasteiger partial charge in [0, 0.05) is 6.42 Å². The summed E-state index contributed by atoms with van der Waals surface area (Å²) in [7, 11) is 0. The highest BCUT2D eigenvalue weighted by atomic mass is 16.7. The largest absolute Gasteiger partial charge is 0.394 e. The van der Waals surface area contributed by atoms with E-state index in [1.165, 1.54) is 57.8 Å². The molecule has 0 bridgehead atoms. The van der Waals surface area contributed by atoms with Crippen molar-refractivity contribution in [2.24, 2.45) is 0 Å². The molecular formula is C47H83NO13. The van der Waals surface area contributed by atoms with E-state index < -0.39 is 86.8 Å². The van der Waals surface area contributed by atoms with Gasteiger partial charge in [0.05, 0.1) is 32.0 Å². The summed E-state index contributed by atoms with van der Waals surface area (Å²) in [4.78, 5) is 13.1. The van der Waals surface area contributed by atoms with Gasteiger partial charge in [0.2, 0.25) is 5.91 Å². The summed E-state index contributed by atoms with van der Waals surface area (Å²) in [6.07, 6.45) is 21.6. The lowest BCUT2D eigenvalue weighted by atomic mass is 9.97. The van der Waals surface area contributed by atoms with Gasteiger partial charge >= 0.3 is 0 Å². The van der Waals surface area contributed by atoms with Gasteiger partial charge in [-0.1, -0.05) is 127 Å². The van der Waals surface area contributed by atoms with E-state index in [0.29, 0.717) is 12.8 Å². The summed E-state index contributed by atoms with van der Waals surface area (Å²) in [6, 6.07) is -0.933. The lowest BCUT2D eigenvalue weighted by molar-refractivity contribution is -0.359. The quantitative estimate of drug-likeness (QED) is 0.0309. The number of aliphatic hydroxyl groups excluding tert-OH is 8. The molecule has 2 fully saturated rings. The first-order chi connectivity index (χ1) is 29.6. The minimum Gasteiger partial charge on any atom is -0.394 e. The number of aliphatic hydroxyl groups is 8. The van der Waals surface area contributed by atoms with Crippen LogP contribution >= 0.6 is 0 Å². The molecule has 61 heavy (non-hydrogen) atoms. The molecule has 0 radical (unpaired) electrons. The maximum atomic E-state index is 13.1. The van der Waals surface area contributed by atoms with E-state index in [2.05, 4.69) is 55.6 Å². The predicted octanol–water partition coefficient (Wildman–Crippen LogP) is 4.93. The number of rotatable bonds is 34. The zero-order valence-electron chi connectivity index (χ0n) is 37.1. The molecular weight excluding hydrogens is 787 g/mol. The van der Waals surface area contributed by atoms with Crippen LogP contribution in [0, 0.1) is 0 Å². The second kappa shape index (κ2) is 34.4. The summed E-state index contributed by atoms with van der Waals surface area (Å²) < 4.78 is 22.6. The molecule has 0 saturated carbocycles. The van der Waals surface area contributed by atoms with Crippen molar-refractivity contribution in [2.75, 3.05) is 19.8 Å². The number of hydrogen-bond donors (Lipinski definition) is 9. The molecule has 1 amide bonds. The molecule has 2 saturated heterocycles. The minimum absolute atomic E-state index is 0.263. The van der Waals surface area contributed by atoms with Crippen LogP contribution in [0.15, 0.2) is 48.6 Å². The van der Waals surface area contributed by atoms with Crippen molar-refractivity contribution in [2.45, 2.75) is 222 Å². The number of hydrogen-bond acceptors (Lipinski definition) is 13. The molecule has 0 spiro atoms. The number of amides is 1. The molecule has 0 aliphatic carbocycles. The fourth-order valence-electron chi connectivity index (χ4n) is 7.33. The van der Waals surface area contributed by atoms with Gasteiger partial charge in [0.25, 0.3) is 0 Å². The van der Waals surface area contributed by atoms with Crippen LogP contribution in [-0.2, 0) is 23.7 Å². The molecule has 0 aromatic carbocycles. The lowest BCUT2D eigenvalue weighted by Crippen LogP contribution is -2.65. The highest BCUT2D eigenvalue weighted by molar-refractivity contribution is 5.76. The summed E-state index contributed by atoms with van der Waals surface area (Å²) in [5.74, 6) is -0.263.